The van der Waals surface area contributed by atoms with Crippen LogP contribution < -0.4 is 0 Å². The summed E-state index contributed by atoms with van der Waals surface area (Å²) in [6.45, 7) is 4.80. The lowest BCUT2D eigenvalue weighted by Gasteiger charge is -2.26. The van der Waals surface area contributed by atoms with E-state index in [4.69, 9.17) is 9.47 Å². The predicted octanol–water partition coefficient (Wildman–Crippen LogP) is 4.38. The molecule has 28 heavy (non-hydrogen) atoms. The highest BCUT2D eigenvalue weighted by atomic mass is 16.6. The molecule has 0 radical (unpaired) electrons. The van der Waals surface area contributed by atoms with Gasteiger partial charge in [-0.25, -0.2) is 4.79 Å². The maximum absolute atomic E-state index is 12.6. The van der Waals surface area contributed by atoms with E-state index in [1.54, 1.807) is 0 Å². The summed E-state index contributed by atoms with van der Waals surface area (Å²) < 4.78 is 11.1. The molecule has 0 saturated carbocycles. The number of rotatable bonds is 10. The molecule has 0 aliphatic rings. The van der Waals surface area contributed by atoms with Gasteiger partial charge < -0.3 is 14.3 Å². The van der Waals surface area contributed by atoms with Crippen LogP contribution in [0.25, 0.3) is 0 Å². The molecule has 0 aromatic heterocycles. The maximum Gasteiger partial charge on any atom is 0.411 e. The van der Waals surface area contributed by atoms with E-state index in [0.717, 1.165) is 23.0 Å². The van der Waals surface area contributed by atoms with Crippen LogP contribution in [-0.4, -0.2) is 36.5 Å². The van der Waals surface area contributed by atoms with Crippen molar-refractivity contribution in [2.24, 2.45) is 0 Å². The van der Waals surface area contributed by atoms with Crippen molar-refractivity contribution in [1.82, 2.24) is 4.90 Å². The summed E-state index contributed by atoms with van der Waals surface area (Å²) in [5.74, 6) is 0. The van der Waals surface area contributed by atoms with Crippen LogP contribution in [0.5, 0.6) is 0 Å². The van der Waals surface area contributed by atoms with Crippen LogP contribution in [0.3, 0.4) is 0 Å². The quantitative estimate of drug-likeness (QED) is 0.453. The molecule has 0 aliphatic carbocycles. The number of carbonyl (C=O) groups is 2. The minimum Gasteiger partial charge on any atom is -0.445 e. The molecule has 2 aromatic carbocycles. The van der Waals surface area contributed by atoms with E-state index in [1.165, 1.54) is 4.90 Å². The summed E-state index contributed by atoms with van der Waals surface area (Å²) in [5.41, 5.74) is 2.95. The Morgan fingerprint density at radius 1 is 0.964 bits per heavy atom. The van der Waals surface area contributed by atoms with Gasteiger partial charge in [-0.3, -0.25) is 4.90 Å². The van der Waals surface area contributed by atoms with Crippen LogP contribution in [0.4, 0.5) is 4.79 Å². The van der Waals surface area contributed by atoms with Crippen molar-refractivity contribution in [3.05, 3.63) is 83.4 Å². The number of hydrogen-bond donors (Lipinski definition) is 0. The molecule has 0 aliphatic heterocycles. The SMILES string of the molecule is CC(C)=CCN(C(=O)OCc1ccccc1)[C@@H](C=O)COCc1ccccc1. The molecular formula is C23H27NO4. The Hall–Kier alpha value is -2.92. The molecule has 0 spiro atoms. The number of nitrogens with zero attached hydrogens (tertiary/aromatic N) is 1. The van der Waals surface area contributed by atoms with E-state index >= 15 is 0 Å². The first-order valence-corrected chi connectivity index (χ1v) is 9.27. The Kier molecular flexibility index (Phi) is 8.95. The smallest absolute Gasteiger partial charge is 0.411 e. The highest BCUT2D eigenvalue weighted by Gasteiger charge is 2.24. The zero-order valence-corrected chi connectivity index (χ0v) is 16.4. The molecule has 0 saturated heterocycles. The van der Waals surface area contributed by atoms with Gasteiger partial charge in [0.05, 0.1) is 13.2 Å². The second kappa shape index (κ2) is 11.7. The lowest BCUT2D eigenvalue weighted by molar-refractivity contribution is -0.114. The highest BCUT2D eigenvalue weighted by Crippen LogP contribution is 2.09. The Morgan fingerprint density at radius 3 is 2.07 bits per heavy atom. The molecule has 1 atom stereocenters. The van der Waals surface area contributed by atoms with Crippen molar-refractivity contribution >= 4 is 12.4 Å². The zero-order valence-electron chi connectivity index (χ0n) is 16.4. The van der Waals surface area contributed by atoms with E-state index < -0.39 is 12.1 Å². The molecule has 1 amide bonds. The van der Waals surface area contributed by atoms with Crippen molar-refractivity contribution in [2.75, 3.05) is 13.2 Å². The number of hydrogen-bond acceptors (Lipinski definition) is 4. The Labute approximate surface area is 166 Å². The first-order chi connectivity index (χ1) is 13.6. The fourth-order valence-corrected chi connectivity index (χ4v) is 2.50. The number of carbonyl (C=O) groups excluding carboxylic acids is 2. The molecule has 5 nitrogen and oxygen atoms in total. The molecule has 2 aromatic rings. The monoisotopic (exact) mass is 381 g/mol. The Morgan fingerprint density at radius 2 is 1.54 bits per heavy atom. The number of ether oxygens (including phenoxy) is 2. The molecular weight excluding hydrogens is 354 g/mol. The third-order valence-electron chi connectivity index (χ3n) is 4.09. The van der Waals surface area contributed by atoms with Gasteiger partial charge in [0.1, 0.15) is 18.9 Å². The fourth-order valence-electron chi connectivity index (χ4n) is 2.50. The largest absolute Gasteiger partial charge is 0.445 e. The average molecular weight is 381 g/mol. The summed E-state index contributed by atoms with van der Waals surface area (Å²) in [6, 6.07) is 18.4. The molecule has 0 fully saturated rings. The summed E-state index contributed by atoms with van der Waals surface area (Å²) in [5, 5.41) is 0. The molecule has 0 bridgehead atoms. The van der Waals surface area contributed by atoms with Gasteiger partial charge in [0.2, 0.25) is 0 Å². The lowest BCUT2D eigenvalue weighted by atomic mass is 10.2. The number of amides is 1. The summed E-state index contributed by atoms with van der Waals surface area (Å²) >= 11 is 0. The first kappa shape index (κ1) is 21.4. The van der Waals surface area contributed by atoms with E-state index in [2.05, 4.69) is 0 Å². The summed E-state index contributed by atoms with van der Waals surface area (Å²) in [6.07, 6.45) is 2.08. The van der Waals surface area contributed by atoms with E-state index in [0.29, 0.717) is 6.61 Å². The van der Waals surface area contributed by atoms with Crippen molar-refractivity contribution < 1.29 is 19.1 Å². The molecule has 5 heteroatoms. The van der Waals surface area contributed by atoms with Crippen LogP contribution in [0.15, 0.2) is 72.3 Å². The van der Waals surface area contributed by atoms with Crippen molar-refractivity contribution in [3.63, 3.8) is 0 Å². The van der Waals surface area contributed by atoms with Crippen LogP contribution in [0, 0.1) is 0 Å². The van der Waals surface area contributed by atoms with Gasteiger partial charge in [0, 0.05) is 6.54 Å². The fraction of sp³-hybridized carbons (Fsp3) is 0.304. The van der Waals surface area contributed by atoms with Gasteiger partial charge in [0.25, 0.3) is 0 Å². The predicted molar refractivity (Wildman–Crippen MR) is 109 cm³/mol. The van der Waals surface area contributed by atoms with E-state index in [1.807, 2.05) is 80.6 Å². The van der Waals surface area contributed by atoms with Gasteiger partial charge in [-0.1, -0.05) is 72.3 Å². The lowest BCUT2D eigenvalue weighted by Crippen LogP contribution is -2.44. The topological polar surface area (TPSA) is 55.8 Å². The molecule has 2 rings (SSSR count). The van der Waals surface area contributed by atoms with Crippen LogP contribution in [-0.2, 0) is 27.5 Å². The Bertz CT molecular complexity index is 755. The van der Waals surface area contributed by atoms with Gasteiger partial charge in [-0.05, 0) is 25.0 Å². The first-order valence-electron chi connectivity index (χ1n) is 9.27. The standard InChI is InChI=1S/C23H27NO4/c1-19(2)13-14-24(23(26)28-17-21-11-7-4-8-12-21)22(15-25)18-27-16-20-9-5-3-6-10-20/h3-13,15,22H,14,16-18H2,1-2H3/t22-/m0/s1. The maximum atomic E-state index is 12.6. The number of aldehydes is 1. The minimum absolute atomic E-state index is 0.107. The van der Waals surface area contributed by atoms with Gasteiger partial charge in [-0.15, -0.1) is 0 Å². The summed E-state index contributed by atoms with van der Waals surface area (Å²) in [7, 11) is 0. The van der Waals surface area contributed by atoms with E-state index in [9.17, 15) is 9.59 Å². The van der Waals surface area contributed by atoms with Gasteiger partial charge >= 0.3 is 6.09 Å². The van der Waals surface area contributed by atoms with Crippen LogP contribution in [0.1, 0.15) is 25.0 Å². The molecule has 148 valence electrons. The molecule has 0 heterocycles. The third kappa shape index (κ3) is 7.37. The van der Waals surface area contributed by atoms with Crippen LogP contribution >= 0.6 is 0 Å². The second-order valence-corrected chi connectivity index (χ2v) is 6.68. The summed E-state index contributed by atoms with van der Waals surface area (Å²) in [4.78, 5) is 25.7. The Balaban J connectivity index is 1.98. The number of allylic oxidation sites excluding steroid dienone is 1. The average Bonchev–Trinajstić information content (AvgIpc) is 2.72. The van der Waals surface area contributed by atoms with Crippen molar-refractivity contribution in [3.8, 4) is 0 Å². The minimum atomic E-state index is -0.720. The third-order valence-corrected chi connectivity index (χ3v) is 4.09. The normalized spacial score (nSPS) is 11.4. The van der Waals surface area contributed by atoms with Crippen LogP contribution in [0.2, 0.25) is 0 Å². The molecule has 0 unspecified atom stereocenters. The van der Waals surface area contributed by atoms with Crippen molar-refractivity contribution in [2.45, 2.75) is 33.1 Å². The highest BCUT2D eigenvalue weighted by molar-refractivity contribution is 5.73. The van der Waals surface area contributed by atoms with Crippen molar-refractivity contribution in [1.29, 1.82) is 0 Å². The van der Waals surface area contributed by atoms with Gasteiger partial charge in [-0.2, -0.15) is 0 Å². The second-order valence-electron chi connectivity index (χ2n) is 6.68. The van der Waals surface area contributed by atoms with Gasteiger partial charge in [0.15, 0.2) is 0 Å². The number of benzene rings is 2. The van der Waals surface area contributed by atoms with E-state index in [-0.39, 0.29) is 19.8 Å². The zero-order chi connectivity index (χ0) is 20.2. The molecule has 0 N–H and O–H groups in total.